The molecule has 4 N–H and O–H groups in total. The molecule has 0 aliphatic rings. The second-order valence-electron chi connectivity index (χ2n) is 6.99. The zero-order valence-electron chi connectivity index (χ0n) is 17.5. The fourth-order valence-electron chi connectivity index (χ4n) is 2.93. The molecular weight excluding hydrogens is 480 g/mol. The molecule has 0 saturated carbocycles. The van der Waals surface area contributed by atoms with Gasteiger partial charge in [-0.25, -0.2) is 18.7 Å². The molecule has 0 radical (unpaired) electrons. The van der Waals surface area contributed by atoms with Gasteiger partial charge in [0.2, 0.25) is 0 Å². The third-order valence-electron chi connectivity index (χ3n) is 4.58. The number of carboxylic acids is 2. The molecule has 0 fully saturated rings. The molecule has 4 aromatic rings. The van der Waals surface area contributed by atoms with Gasteiger partial charge in [-0.15, -0.1) is 0 Å². The van der Waals surface area contributed by atoms with Crippen LogP contribution >= 0.6 is 0 Å². The number of hydrogen-bond donors (Lipinski definition) is 4. The fourth-order valence-corrected chi connectivity index (χ4v) is 3.41. The van der Waals surface area contributed by atoms with Crippen LogP contribution in [0.1, 0.15) is 20.7 Å². The number of aromatic carboxylic acids is 2. The first-order chi connectivity index (χ1) is 16.6. The van der Waals surface area contributed by atoms with Crippen LogP contribution < -0.4 is 14.5 Å². The molecule has 0 saturated heterocycles. The van der Waals surface area contributed by atoms with Gasteiger partial charge in [-0.1, -0.05) is 0 Å². The lowest BCUT2D eigenvalue weighted by Gasteiger charge is -2.04. The van der Waals surface area contributed by atoms with E-state index in [2.05, 4.69) is 20.3 Å². The first-order valence-electron chi connectivity index (χ1n) is 9.71. The van der Waals surface area contributed by atoms with E-state index in [9.17, 15) is 28.2 Å². The third-order valence-corrected chi connectivity index (χ3v) is 5.45. The molecule has 0 aliphatic heterocycles. The minimum Gasteiger partial charge on any atom is -0.478 e. The van der Waals surface area contributed by atoms with Crippen LogP contribution in [0.4, 0.5) is 11.6 Å². The summed E-state index contributed by atoms with van der Waals surface area (Å²) < 4.78 is 34.4. The maximum atomic E-state index is 11.4. The van der Waals surface area contributed by atoms with Gasteiger partial charge in [0.25, 0.3) is 10.1 Å². The normalized spacial score (nSPS) is 11.1. The molecule has 14 heteroatoms. The van der Waals surface area contributed by atoms with Crippen LogP contribution in [-0.4, -0.2) is 50.1 Å². The smallest absolute Gasteiger partial charge is 0.448 e. The van der Waals surface area contributed by atoms with Gasteiger partial charge >= 0.3 is 29.8 Å². The van der Waals surface area contributed by atoms with Crippen molar-refractivity contribution in [1.82, 2.24) is 15.0 Å². The van der Waals surface area contributed by atoms with E-state index in [0.717, 1.165) is 0 Å². The van der Waals surface area contributed by atoms with Crippen molar-refractivity contribution in [3.8, 4) is 11.9 Å². The van der Waals surface area contributed by atoms with Gasteiger partial charge in [-0.2, -0.15) is 8.42 Å². The summed E-state index contributed by atoms with van der Waals surface area (Å²) in [5, 5.41) is 21.5. The monoisotopic (exact) mass is 496 g/mol. The summed E-state index contributed by atoms with van der Waals surface area (Å²) in [5.41, 5.74) is 0.324. The lowest BCUT2D eigenvalue weighted by atomic mass is 10.3. The van der Waals surface area contributed by atoms with E-state index in [1.807, 2.05) is 0 Å². The zero-order chi connectivity index (χ0) is 25.2. The zero-order valence-corrected chi connectivity index (χ0v) is 18.4. The Morgan fingerprint density at radius 1 is 0.771 bits per heavy atom. The number of anilines is 2. The highest BCUT2D eigenvalue weighted by Crippen LogP contribution is 2.17. The highest BCUT2D eigenvalue weighted by Gasteiger charge is 2.25. The summed E-state index contributed by atoms with van der Waals surface area (Å²) >= 11 is 0. The second-order valence-corrected chi connectivity index (χ2v) is 8.42. The molecule has 0 unspecified atom stereocenters. The molecule has 3 heterocycles. The number of carbonyl (C=O) groups is 2. The standard InChI is InChI=1S/C21H14N6O7S/c28-17(29)13-3-1-9-26(11-13)20-23-19(22-15-5-7-16(8-6-15)35(32,33)34)24-21(25-20)27-10-2-4-14(12-27)18(30)31/h1-12H,(H2-2,22,23,24,25,28,29,30,31,32,33,34)/p+2. The number of benzene rings is 1. The molecule has 3 aromatic heterocycles. The first-order valence-corrected chi connectivity index (χ1v) is 11.1. The Morgan fingerprint density at radius 3 is 1.69 bits per heavy atom. The number of carboxylic acid groups (broad SMARTS) is 2. The van der Waals surface area contributed by atoms with Crippen LogP contribution in [0.2, 0.25) is 0 Å². The minimum absolute atomic E-state index is 0.00828. The Hall–Kier alpha value is -4.82. The van der Waals surface area contributed by atoms with Crippen molar-refractivity contribution in [3.63, 3.8) is 0 Å². The van der Waals surface area contributed by atoms with Crippen LogP contribution in [-0.2, 0) is 10.1 Å². The van der Waals surface area contributed by atoms with Crippen LogP contribution in [0.25, 0.3) is 11.9 Å². The quantitative estimate of drug-likeness (QED) is 0.209. The molecule has 1 aromatic carbocycles. The van der Waals surface area contributed by atoms with Gasteiger partial charge in [-0.3, -0.25) is 9.87 Å². The molecule has 35 heavy (non-hydrogen) atoms. The first kappa shape index (κ1) is 23.3. The fraction of sp³-hybridized carbons (Fsp3) is 0. The van der Waals surface area contributed by atoms with E-state index >= 15 is 0 Å². The summed E-state index contributed by atoms with van der Waals surface area (Å²) in [4.78, 5) is 35.4. The van der Waals surface area contributed by atoms with E-state index in [0.29, 0.717) is 5.69 Å². The SMILES string of the molecule is O=C(O)c1ccc[n+](-c2nc(Nc3ccc(S(=O)(=O)O)cc3)nc(-[n+]3cccc(C(=O)O)c3)n2)c1. The maximum absolute atomic E-state index is 11.4. The van der Waals surface area contributed by atoms with Crippen molar-refractivity contribution < 1.29 is 41.9 Å². The van der Waals surface area contributed by atoms with Crippen molar-refractivity contribution in [1.29, 1.82) is 0 Å². The number of hydrogen-bond acceptors (Lipinski definition) is 8. The topological polar surface area (TPSA) is 187 Å². The van der Waals surface area contributed by atoms with Crippen molar-refractivity contribution in [2.24, 2.45) is 0 Å². The van der Waals surface area contributed by atoms with Gasteiger partial charge in [0.1, 0.15) is 0 Å². The van der Waals surface area contributed by atoms with Crippen molar-refractivity contribution in [2.75, 3.05) is 5.32 Å². The van der Waals surface area contributed by atoms with Gasteiger partial charge in [0.05, 0.1) is 40.8 Å². The predicted octanol–water partition coefficient (Wildman–Crippen LogP) is 0.812. The molecule has 0 bridgehead atoms. The van der Waals surface area contributed by atoms with Crippen molar-refractivity contribution in [3.05, 3.63) is 84.4 Å². The number of pyridine rings is 2. The van der Waals surface area contributed by atoms with Crippen LogP contribution in [0.3, 0.4) is 0 Å². The van der Waals surface area contributed by atoms with E-state index < -0.39 is 22.1 Å². The van der Waals surface area contributed by atoms with Gasteiger partial charge in [0.15, 0.2) is 0 Å². The summed E-state index contributed by atoms with van der Waals surface area (Å²) in [6.07, 6.45) is 5.64. The molecule has 0 spiro atoms. The summed E-state index contributed by atoms with van der Waals surface area (Å²) in [5.74, 6) is -2.29. The summed E-state index contributed by atoms with van der Waals surface area (Å²) in [7, 11) is -4.37. The molecule has 13 nitrogen and oxygen atoms in total. The number of rotatable bonds is 7. The minimum atomic E-state index is -4.37. The number of nitrogens with zero attached hydrogens (tertiary/aromatic N) is 5. The Morgan fingerprint density at radius 2 is 1.26 bits per heavy atom. The van der Waals surface area contributed by atoms with Crippen LogP contribution in [0.15, 0.2) is 78.2 Å². The molecule has 0 atom stereocenters. The van der Waals surface area contributed by atoms with E-state index in [1.54, 1.807) is 0 Å². The van der Waals surface area contributed by atoms with Gasteiger partial charge in [0, 0.05) is 10.7 Å². The van der Waals surface area contributed by atoms with Crippen LogP contribution in [0.5, 0.6) is 0 Å². The van der Waals surface area contributed by atoms with E-state index in [4.69, 9.17) is 4.55 Å². The third kappa shape index (κ3) is 5.40. The molecule has 0 amide bonds. The van der Waals surface area contributed by atoms with Crippen LogP contribution in [0, 0.1) is 0 Å². The van der Waals surface area contributed by atoms with E-state index in [-0.39, 0.29) is 33.9 Å². The van der Waals surface area contributed by atoms with Gasteiger partial charge < -0.3 is 10.2 Å². The molecular formula is C21H16N6O7S+2. The largest absolute Gasteiger partial charge is 0.478 e. The molecule has 4 rings (SSSR count). The lowest BCUT2D eigenvalue weighted by Crippen LogP contribution is -2.39. The summed E-state index contributed by atoms with van der Waals surface area (Å²) in [6, 6.07) is 10.9. The Bertz CT molecular complexity index is 1480. The second kappa shape index (κ2) is 9.20. The van der Waals surface area contributed by atoms with E-state index in [1.165, 1.54) is 82.5 Å². The number of nitrogens with one attached hydrogen (secondary N) is 1. The predicted molar refractivity (Wildman–Crippen MR) is 116 cm³/mol. The van der Waals surface area contributed by atoms with Crippen molar-refractivity contribution in [2.45, 2.75) is 4.90 Å². The Balaban J connectivity index is 1.81. The van der Waals surface area contributed by atoms with Gasteiger partial charge in [-0.05, 0) is 58.5 Å². The maximum Gasteiger partial charge on any atom is 0.448 e. The average Bonchev–Trinajstić information content (AvgIpc) is 2.84. The highest BCUT2D eigenvalue weighted by atomic mass is 32.2. The lowest BCUT2D eigenvalue weighted by molar-refractivity contribution is -0.616. The molecule has 176 valence electrons. The Labute approximate surface area is 197 Å². The summed E-state index contributed by atoms with van der Waals surface area (Å²) in [6.45, 7) is 0. The Kier molecular flexibility index (Phi) is 6.14. The highest BCUT2D eigenvalue weighted by molar-refractivity contribution is 7.85. The van der Waals surface area contributed by atoms with Crippen molar-refractivity contribution >= 4 is 33.7 Å². The molecule has 0 aliphatic carbocycles. The number of aromatic nitrogens is 5. The average molecular weight is 496 g/mol.